The average Bonchev–Trinajstić information content (AvgIpc) is 2.45. The van der Waals surface area contributed by atoms with Crippen LogP contribution in [0, 0.1) is 17.4 Å². The first-order valence-corrected chi connectivity index (χ1v) is 11.8. The summed E-state index contributed by atoms with van der Waals surface area (Å²) >= 11 is 0. The monoisotopic (exact) mass is 315 g/mol. The van der Waals surface area contributed by atoms with Gasteiger partial charge in [-0.1, -0.05) is 39.4 Å². The Balaban J connectivity index is 2.00. The van der Waals surface area contributed by atoms with Gasteiger partial charge in [0.15, 0.2) is 0 Å². The van der Waals surface area contributed by atoms with E-state index >= 15 is 0 Å². The molecule has 0 atom stereocenters. The van der Waals surface area contributed by atoms with Gasteiger partial charge in [-0.25, -0.2) is 0 Å². The van der Waals surface area contributed by atoms with E-state index < -0.39 is 8.07 Å². The smallest absolute Gasteiger partial charge is 0.129 e. The van der Waals surface area contributed by atoms with Crippen LogP contribution in [0.3, 0.4) is 0 Å². The molecule has 1 aromatic rings. The van der Waals surface area contributed by atoms with Gasteiger partial charge in [0.2, 0.25) is 0 Å². The normalized spacial score (nSPS) is 16.5. The van der Waals surface area contributed by atoms with Crippen LogP contribution in [0.1, 0.15) is 19.4 Å². The molecule has 4 heteroatoms. The van der Waals surface area contributed by atoms with Crippen molar-refractivity contribution < 1.29 is 0 Å². The molecule has 22 heavy (non-hydrogen) atoms. The van der Waals surface area contributed by atoms with Gasteiger partial charge in [-0.05, 0) is 12.0 Å². The minimum atomic E-state index is -1.33. The zero-order valence-corrected chi connectivity index (χ0v) is 15.7. The lowest BCUT2D eigenvalue weighted by Gasteiger charge is -2.36. The molecular weight excluding hydrogens is 286 g/mol. The zero-order valence-electron chi connectivity index (χ0n) is 14.7. The van der Waals surface area contributed by atoms with E-state index in [1.54, 1.807) is 0 Å². The Morgan fingerprint density at radius 3 is 2.41 bits per heavy atom. The first-order valence-electron chi connectivity index (χ1n) is 8.29. The molecule has 0 N–H and O–H groups in total. The van der Waals surface area contributed by atoms with Gasteiger partial charge < -0.3 is 4.90 Å². The summed E-state index contributed by atoms with van der Waals surface area (Å²) < 4.78 is 0. The molecule has 1 saturated heterocycles. The maximum Gasteiger partial charge on any atom is 0.129 e. The third-order valence-electron chi connectivity index (χ3n) is 3.67. The maximum atomic E-state index is 4.39. The summed E-state index contributed by atoms with van der Waals surface area (Å²) in [5, 5.41) is 0. The number of piperazine rings is 1. The summed E-state index contributed by atoms with van der Waals surface area (Å²) in [6.45, 7) is 17.0. The van der Waals surface area contributed by atoms with E-state index in [1.165, 1.54) is 12.2 Å². The molecule has 0 unspecified atom stereocenters. The lowest BCUT2D eigenvalue weighted by molar-refractivity contribution is 0.231. The average molecular weight is 316 g/mol. The maximum absolute atomic E-state index is 4.39. The van der Waals surface area contributed by atoms with E-state index in [9.17, 15) is 0 Å². The predicted molar refractivity (Wildman–Crippen MR) is 98.0 cm³/mol. The third-order valence-corrected chi connectivity index (χ3v) is 4.54. The highest BCUT2D eigenvalue weighted by Crippen LogP contribution is 2.17. The molecule has 120 valence electrons. The first kappa shape index (κ1) is 17.0. The van der Waals surface area contributed by atoms with Crippen LogP contribution in [0.5, 0.6) is 0 Å². The highest BCUT2D eigenvalue weighted by atomic mass is 28.3. The van der Waals surface area contributed by atoms with Gasteiger partial charge in [0.25, 0.3) is 0 Å². The van der Waals surface area contributed by atoms with E-state index in [4.69, 9.17) is 0 Å². The number of nitrogens with zero attached hydrogens (tertiary/aromatic N) is 3. The molecule has 0 aromatic carbocycles. The summed E-state index contributed by atoms with van der Waals surface area (Å²) in [5.74, 6) is 4.05. The van der Waals surface area contributed by atoms with E-state index in [2.05, 4.69) is 65.8 Å². The van der Waals surface area contributed by atoms with Crippen LogP contribution >= 0.6 is 0 Å². The molecule has 1 aliphatic rings. The SMILES string of the molecule is CC(C)CN1CCN(c2cncc(C#C[Si](C)(C)C)c2)CC1. The van der Waals surface area contributed by atoms with Crippen molar-refractivity contribution in [1.82, 2.24) is 9.88 Å². The van der Waals surface area contributed by atoms with Crippen molar-refractivity contribution in [1.29, 1.82) is 0 Å². The number of hydrogen-bond donors (Lipinski definition) is 0. The van der Waals surface area contributed by atoms with Gasteiger partial charge in [0, 0.05) is 44.5 Å². The molecule has 0 spiro atoms. The Bertz CT molecular complexity index is 543. The van der Waals surface area contributed by atoms with E-state index in [-0.39, 0.29) is 0 Å². The highest BCUT2D eigenvalue weighted by molar-refractivity contribution is 6.83. The molecule has 0 aliphatic carbocycles. The second kappa shape index (κ2) is 7.30. The molecule has 2 rings (SSSR count). The zero-order chi connectivity index (χ0) is 16.2. The minimum Gasteiger partial charge on any atom is -0.368 e. The second-order valence-corrected chi connectivity index (χ2v) is 12.4. The van der Waals surface area contributed by atoms with Gasteiger partial charge in [0.1, 0.15) is 8.07 Å². The Kier molecular flexibility index (Phi) is 5.66. The van der Waals surface area contributed by atoms with Crippen molar-refractivity contribution in [2.75, 3.05) is 37.6 Å². The van der Waals surface area contributed by atoms with Gasteiger partial charge in [-0.15, -0.1) is 5.54 Å². The molecule has 0 radical (unpaired) electrons. The largest absolute Gasteiger partial charge is 0.368 e. The van der Waals surface area contributed by atoms with Crippen molar-refractivity contribution in [3.63, 3.8) is 0 Å². The van der Waals surface area contributed by atoms with Crippen molar-refractivity contribution in [3.8, 4) is 11.5 Å². The summed E-state index contributed by atoms with van der Waals surface area (Å²) in [7, 11) is -1.33. The first-order chi connectivity index (χ1) is 10.3. The molecule has 1 aromatic heterocycles. The molecule has 1 fully saturated rings. The van der Waals surface area contributed by atoms with Crippen LogP contribution in [-0.4, -0.2) is 50.7 Å². The summed E-state index contributed by atoms with van der Waals surface area (Å²) in [6.07, 6.45) is 3.85. The van der Waals surface area contributed by atoms with Crippen LogP contribution in [0.25, 0.3) is 0 Å². The van der Waals surface area contributed by atoms with Crippen molar-refractivity contribution in [3.05, 3.63) is 24.0 Å². The number of pyridine rings is 1. The van der Waals surface area contributed by atoms with Gasteiger partial charge in [-0.3, -0.25) is 9.88 Å². The van der Waals surface area contributed by atoms with Crippen LogP contribution in [0.15, 0.2) is 18.5 Å². The van der Waals surface area contributed by atoms with Crippen molar-refractivity contribution in [2.45, 2.75) is 33.5 Å². The Hall–Kier alpha value is -1.31. The Labute approximate surface area is 136 Å². The quantitative estimate of drug-likeness (QED) is 0.631. The number of aromatic nitrogens is 1. The van der Waals surface area contributed by atoms with Crippen molar-refractivity contribution >= 4 is 13.8 Å². The minimum absolute atomic E-state index is 0.744. The number of anilines is 1. The second-order valence-electron chi connectivity index (χ2n) is 7.61. The standard InChI is InChI=1S/C18H29N3Si/c1-16(2)15-20-7-9-21(10-8-20)18-12-17(13-19-14-18)6-11-22(3,4)5/h12-14,16H,7-10,15H2,1-5H3. The van der Waals surface area contributed by atoms with Gasteiger partial charge in [-0.2, -0.15) is 0 Å². The van der Waals surface area contributed by atoms with E-state index in [0.717, 1.165) is 37.7 Å². The summed E-state index contributed by atoms with van der Waals surface area (Å²) in [4.78, 5) is 9.38. The summed E-state index contributed by atoms with van der Waals surface area (Å²) in [5.41, 5.74) is 5.68. The predicted octanol–water partition coefficient (Wildman–Crippen LogP) is 3.09. The van der Waals surface area contributed by atoms with Crippen LogP contribution < -0.4 is 4.90 Å². The summed E-state index contributed by atoms with van der Waals surface area (Å²) in [6, 6.07) is 2.19. The van der Waals surface area contributed by atoms with Crippen LogP contribution in [0.2, 0.25) is 19.6 Å². The topological polar surface area (TPSA) is 19.4 Å². The lowest BCUT2D eigenvalue weighted by atomic mass is 10.2. The van der Waals surface area contributed by atoms with Gasteiger partial charge >= 0.3 is 0 Å². The third kappa shape index (κ3) is 5.47. The molecular formula is C18H29N3Si. The molecule has 0 bridgehead atoms. The van der Waals surface area contributed by atoms with Gasteiger partial charge in [0.05, 0.1) is 11.9 Å². The van der Waals surface area contributed by atoms with Crippen LogP contribution in [-0.2, 0) is 0 Å². The Morgan fingerprint density at radius 1 is 1.14 bits per heavy atom. The van der Waals surface area contributed by atoms with E-state index in [0.29, 0.717) is 0 Å². The molecule has 0 amide bonds. The van der Waals surface area contributed by atoms with E-state index in [1.807, 2.05) is 12.4 Å². The Morgan fingerprint density at radius 2 is 1.82 bits per heavy atom. The van der Waals surface area contributed by atoms with Crippen molar-refractivity contribution in [2.24, 2.45) is 5.92 Å². The number of hydrogen-bond acceptors (Lipinski definition) is 3. The molecule has 2 heterocycles. The molecule has 3 nitrogen and oxygen atoms in total. The molecule has 1 aliphatic heterocycles. The van der Waals surface area contributed by atoms with Crippen LogP contribution in [0.4, 0.5) is 5.69 Å². The molecule has 0 saturated carbocycles. The highest BCUT2D eigenvalue weighted by Gasteiger charge is 2.18. The lowest BCUT2D eigenvalue weighted by Crippen LogP contribution is -2.47. The fraction of sp³-hybridized carbons (Fsp3) is 0.611. The number of rotatable bonds is 3. The fourth-order valence-electron chi connectivity index (χ4n) is 2.63. The fourth-order valence-corrected chi connectivity index (χ4v) is 3.15.